The summed E-state index contributed by atoms with van der Waals surface area (Å²) in [4.78, 5) is 18.5. The largest absolute Gasteiger partial charge is 0.487 e. The fourth-order valence-corrected chi connectivity index (χ4v) is 4.01. The van der Waals surface area contributed by atoms with Gasteiger partial charge in [0.15, 0.2) is 11.4 Å². The van der Waals surface area contributed by atoms with Crippen molar-refractivity contribution in [2.45, 2.75) is 70.1 Å². The van der Waals surface area contributed by atoms with Crippen molar-refractivity contribution in [3.63, 3.8) is 0 Å². The van der Waals surface area contributed by atoms with Crippen LogP contribution in [0.1, 0.15) is 62.8 Å². The van der Waals surface area contributed by atoms with E-state index in [-0.39, 0.29) is 30.5 Å². The molecule has 2 saturated carbocycles. The zero-order chi connectivity index (χ0) is 21.8. The quantitative estimate of drug-likeness (QED) is 0.697. The van der Waals surface area contributed by atoms with Crippen molar-refractivity contribution in [3.05, 3.63) is 23.5 Å². The van der Waals surface area contributed by atoms with Gasteiger partial charge in [-0.2, -0.15) is 5.26 Å². The molecule has 0 aliphatic heterocycles. The van der Waals surface area contributed by atoms with Crippen molar-refractivity contribution in [1.29, 1.82) is 5.26 Å². The van der Waals surface area contributed by atoms with E-state index in [2.05, 4.69) is 21.4 Å². The van der Waals surface area contributed by atoms with Gasteiger partial charge >= 0.3 is 6.09 Å². The lowest BCUT2D eigenvalue weighted by atomic mass is 9.92. The Hall–Kier alpha value is -3.15. The number of hydrogen-bond donors (Lipinski definition) is 0. The van der Waals surface area contributed by atoms with Crippen molar-refractivity contribution < 1.29 is 14.3 Å². The lowest BCUT2D eigenvalue weighted by molar-refractivity contribution is 0.0734. The smallest absolute Gasteiger partial charge is 0.410 e. The van der Waals surface area contributed by atoms with E-state index in [4.69, 9.17) is 9.47 Å². The van der Waals surface area contributed by atoms with Crippen LogP contribution in [0.25, 0.3) is 11.4 Å². The number of aryl methyl sites for hydroxylation is 1. The Morgan fingerprint density at radius 1 is 1.23 bits per heavy atom. The third-order valence-electron chi connectivity index (χ3n) is 6.24. The summed E-state index contributed by atoms with van der Waals surface area (Å²) in [5, 5.41) is 17.8. The third-order valence-corrected chi connectivity index (χ3v) is 6.24. The molecule has 2 aromatic rings. The first-order chi connectivity index (χ1) is 15.1. The van der Waals surface area contributed by atoms with Crippen LogP contribution in [0.3, 0.4) is 0 Å². The molecule has 2 aliphatic carbocycles. The Bertz CT molecular complexity index is 972. The average molecular weight is 425 g/mol. The summed E-state index contributed by atoms with van der Waals surface area (Å²) >= 11 is 0. The van der Waals surface area contributed by atoms with E-state index < -0.39 is 0 Å². The van der Waals surface area contributed by atoms with Crippen LogP contribution in [0, 0.1) is 11.3 Å². The van der Waals surface area contributed by atoms with Crippen LogP contribution in [0.5, 0.6) is 5.75 Å². The van der Waals surface area contributed by atoms with Crippen LogP contribution in [-0.2, 0) is 18.4 Å². The minimum Gasteiger partial charge on any atom is -0.487 e. The molecule has 9 heteroatoms. The number of nitrogens with zero attached hydrogens (tertiary/aromatic N) is 6. The number of amides is 1. The molecule has 4 rings (SSSR count). The van der Waals surface area contributed by atoms with E-state index in [1.165, 1.54) is 6.42 Å². The van der Waals surface area contributed by atoms with Gasteiger partial charge in [0.25, 0.3) is 0 Å². The third kappa shape index (κ3) is 4.63. The SMILES string of the molecule is CN(C(=O)OCc1c(-c2ccc(OC3CCCCC3)c(C#N)n2)nnn1C)C1CCC1. The number of hydrogen-bond acceptors (Lipinski definition) is 7. The number of ether oxygens (including phenoxy) is 2. The number of pyridine rings is 1. The normalized spacial score (nSPS) is 16.9. The van der Waals surface area contributed by atoms with Crippen LogP contribution < -0.4 is 4.74 Å². The van der Waals surface area contributed by atoms with Crippen molar-refractivity contribution in [2.24, 2.45) is 7.05 Å². The number of carbonyl (C=O) groups excluding carboxylic acids is 1. The van der Waals surface area contributed by atoms with E-state index >= 15 is 0 Å². The summed E-state index contributed by atoms with van der Waals surface area (Å²) < 4.78 is 13.1. The predicted molar refractivity (Wildman–Crippen MR) is 112 cm³/mol. The highest BCUT2D eigenvalue weighted by molar-refractivity contribution is 5.68. The molecule has 0 aromatic carbocycles. The maximum Gasteiger partial charge on any atom is 0.410 e. The highest BCUT2D eigenvalue weighted by Crippen LogP contribution is 2.29. The van der Waals surface area contributed by atoms with Crippen molar-refractivity contribution in [1.82, 2.24) is 24.9 Å². The van der Waals surface area contributed by atoms with Crippen LogP contribution in [-0.4, -0.2) is 50.2 Å². The van der Waals surface area contributed by atoms with Gasteiger partial charge in [-0.15, -0.1) is 5.10 Å². The summed E-state index contributed by atoms with van der Waals surface area (Å²) in [5.74, 6) is 0.497. The first kappa shape index (κ1) is 21.1. The molecule has 0 radical (unpaired) electrons. The molecular formula is C22H28N6O3. The van der Waals surface area contributed by atoms with Crippen LogP contribution in [0.15, 0.2) is 12.1 Å². The Morgan fingerprint density at radius 3 is 2.68 bits per heavy atom. The summed E-state index contributed by atoms with van der Waals surface area (Å²) in [5.41, 5.74) is 1.83. The minimum atomic E-state index is -0.362. The standard InChI is InChI=1S/C22H28N6O3/c1-27(15-7-6-8-15)22(29)30-14-19-21(25-26-28(19)2)17-11-12-20(18(13-23)24-17)31-16-9-4-3-5-10-16/h11-12,15-16H,3-10,14H2,1-2H3. The molecule has 0 saturated heterocycles. The van der Waals surface area contributed by atoms with E-state index in [1.807, 2.05) is 0 Å². The Kier molecular flexibility index (Phi) is 6.35. The molecule has 1 amide bonds. The van der Waals surface area contributed by atoms with Gasteiger partial charge in [0.05, 0.1) is 11.8 Å². The number of carbonyl (C=O) groups is 1. The molecule has 0 bridgehead atoms. The maximum absolute atomic E-state index is 12.3. The van der Waals surface area contributed by atoms with Gasteiger partial charge in [0, 0.05) is 20.1 Å². The van der Waals surface area contributed by atoms with Gasteiger partial charge < -0.3 is 14.4 Å². The molecule has 31 heavy (non-hydrogen) atoms. The molecule has 2 fully saturated rings. The van der Waals surface area contributed by atoms with Gasteiger partial charge in [-0.1, -0.05) is 11.6 Å². The van der Waals surface area contributed by atoms with Gasteiger partial charge in [-0.3, -0.25) is 0 Å². The molecule has 9 nitrogen and oxygen atoms in total. The molecule has 0 N–H and O–H groups in total. The zero-order valence-corrected chi connectivity index (χ0v) is 18.1. The van der Waals surface area contributed by atoms with Crippen LogP contribution >= 0.6 is 0 Å². The highest BCUT2D eigenvalue weighted by Gasteiger charge is 2.27. The fraction of sp³-hybridized carbons (Fsp3) is 0.591. The van der Waals surface area contributed by atoms with Crippen LogP contribution in [0.2, 0.25) is 0 Å². The number of rotatable bonds is 6. The lowest BCUT2D eigenvalue weighted by Crippen LogP contribution is -2.41. The molecule has 0 spiro atoms. The summed E-state index contributed by atoms with van der Waals surface area (Å²) in [6.07, 6.45) is 8.48. The van der Waals surface area contributed by atoms with Crippen LogP contribution in [0.4, 0.5) is 4.79 Å². The van der Waals surface area contributed by atoms with Gasteiger partial charge in [-0.05, 0) is 57.1 Å². The predicted octanol–water partition coefficient (Wildman–Crippen LogP) is 3.58. The van der Waals surface area contributed by atoms with Crippen molar-refractivity contribution in [2.75, 3.05) is 7.05 Å². The fourth-order valence-electron chi connectivity index (χ4n) is 4.01. The van der Waals surface area contributed by atoms with Gasteiger partial charge in [0.1, 0.15) is 24.1 Å². The van der Waals surface area contributed by atoms with Crippen molar-refractivity contribution in [3.8, 4) is 23.2 Å². The number of aromatic nitrogens is 4. The Morgan fingerprint density at radius 2 is 2.00 bits per heavy atom. The highest BCUT2D eigenvalue weighted by atomic mass is 16.6. The second kappa shape index (κ2) is 9.33. The summed E-state index contributed by atoms with van der Waals surface area (Å²) in [6.45, 7) is 0.0264. The van der Waals surface area contributed by atoms with E-state index in [9.17, 15) is 10.1 Å². The molecule has 0 unspecified atom stereocenters. The molecular weight excluding hydrogens is 396 g/mol. The van der Waals surface area contributed by atoms with E-state index in [1.54, 1.807) is 35.8 Å². The Balaban J connectivity index is 1.49. The molecule has 2 heterocycles. The second-order valence-corrected chi connectivity index (χ2v) is 8.29. The Labute approximate surface area is 182 Å². The van der Waals surface area contributed by atoms with Gasteiger partial charge in [-0.25, -0.2) is 14.5 Å². The minimum absolute atomic E-state index is 0.0264. The van der Waals surface area contributed by atoms with Crippen molar-refractivity contribution >= 4 is 6.09 Å². The van der Waals surface area contributed by atoms with E-state index in [0.29, 0.717) is 22.8 Å². The molecule has 164 valence electrons. The summed E-state index contributed by atoms with van der Waals surface area (Å²) in [7, 11) is 3.50. The lowest BCUT2D eigenvalue weighted by Gasteiger charge is -2.33. The molecule has 0 atom stereocenters. The average Bonchev–Trinajstić information content (AvgIpc) is 3.12. The molecule has 2 aromatic heterocycles. The monoisotopic (exact) mass is 424 g/mol. The molecule has 2 aliphatic rings. The second-order valence-electron chi connectivity index (χ2n) is 8.29. The maximum atomic E-state index is 12.3. The topological polar surface area (TPSA) is 106 Å². The summed E-state index contributed by atoms with van der Waals surface area (Å²) in [6, 6.07) is 5.93. The first-order valence-electron chi connectivity index (χ1n) is 10.9. The zero-order valence-electron chi connectivity index (χ0n) is 18.1. The number of nitriles is 1. The van der Waals surface area contributed by atoms with Gasteiger partial charge in [0.2, 0.25) is 0 Å². The van der Waals surface area contributed by atoms with E-state index in [0.717, 1.165) is 44.9 Å². The first-order valence-corrected chi connectivity index (χ1v) is 10.9.